The lowest BCUT2D eigenvalue weighted by atomic mass is 10.0. The molecule has 1 fully saturated rings. The molecular formula is C11H19NO4. The van der Waals surface area contributed by atoms with E-state index in [2.05, 4.69) is 5.32 Å². The second kappa shape index (κ2) is 5.84. The van der Waals surface area contributed by atoms with Crippen LogP contribution in [0.1, 0.15) is 27.2 Å². The molecule has 92 valence electrons. The molecule has 1 rings (SSSR count). The van der Waals surface area contributed by atoms with Crippen LogP contribution in [0.3, 0.4) is 0 Å². The van der Waals surface area contributed by atoms with E-state index in [-0.39, 0.29) is 29.9 Å². The number of carbonyl (C=O) groups is 2. The largest absolute Gasteiger partial charge is 0.466 e. The highest BCUT2D eigenvalue weighted by atomic mass is 16.5. The summed E-state index contributed by atoms with van der Waals surface area (Å²) in [4.78, 5) is 23.0. The van der Waals surface area contributed by atoms with Gasteiger partial charge in [0.15, 0.2) is 0 Å². The molecule has 0 bridgehead atoms. The predicted octanol–water partition coefficient (Wildman–Crippen LogP) is 0.479. The Morgan fingerprint density at radius 3 is 2.31 bits per heavy atom. The minimum Gasteiger partial charge on any atom is -0.466 e. The van der Waals surface area contributed by atoms with Crippen molar-refractivity contribution in [3.05, 3.63) is 0 Å². The summed E-state index contributed by atoms with van der Waals surface area (Å²) < 4.78 is 9.86. The smallest absolute Gasteiger partial charge is 0.323 e. The van der Waals surface area contributed by atoms with Crippen molar-refractivity contribution in [3.8, 4) is 0 Å². The van der Waals surface area contributed by atoms with Crippen molar-refractivity contribution in [2.24, 2.45) is 5.92 Å². The number of esters is 2. The van der Waals surface area contributed by atoms with Crippen LogP contribution >= 0.6 is 0 Å². The molecule has 1 aliphatic heterocycles. The van der Waals surface area contributed by atoms with E-state index in [9.17, 15) is 9.59 Å². The van der Waals surface area contributed by atoms with E-state index in [1.165, 1.54) is 0 Å². The maximum atomic E-state index is 11.6. The van der Waals surface area contributed by atoms with Crippen molar-refractivity contribution in [2.75, 3.05) is 13.2 Å². The van der Waals surface area contributed by atoms with Crippen molar-refractivity contribution in [2.45, 2.75) is 39.3 Å². The predicted molar refractivity (Wildman–Crippen MR) is 57.8 cm³/mol. The standard InChI is InChI=1S/C11H19NO4/c1-4-15-10(13)8-6-9(12-7(8)3)11(14)16-5-2/h7-9,12H,4-6H2,1-3H3. The first-order valence-corrected chi connectivity index (χ1v) is 5.69. The SMILES string of the molecule is CCOC(=O)C1CC(C(=O)OCC)C(C)N1. The first kappa shape index (κ1) is 13.0. The zero-order valence-corrected chi connectivity index (χ0v) is 9.99. The summed E-state index contributed by atoms with van der Waals surface area (Å²) in [7, 11) is 0. The van der Waals surface area contributed by atoms with Gasteiger partial charge in [0, 0.05) is 6.04 Å². The second-order valence-electron chi connectivity index (χ2n) is 3.85. The number of ether oxygens (including phenoxy) is 2. The van der Waals surface area contributed by atoms with E-state index < -0.39 is 0 Å². The van der Waals surface area contributed by atoms with Crippen molar-refractivity contribution < 1.29 is 19.1 Å². The monoisotopic (exact) mass is 229 g/mol. The van der Waals surface area contributed by atoms with Gasteiger partial charge in [-0.2, -0.15) is 0 Å². The lowest BCUT2D eigenvalue weighted by Crippen LogP contribution is -2.36. The van der Waals surface area contributed by atoms with E-state index in [1.54, 1.807) is 13.8 Å². The Balaban J connectivity index is 2.53. The first-order chi connectivity index (χ1) is 7.60. The summed E-state index contributed by atoms with van der Waals surface area (Å²) in [5.41, 5.74) is 0. The van der Waals surface area contributed by atoms with E-state index in [1.807, 2.05) is 6.92 Å². The molecule has 1 heterocycles. The minimum absolute atomic E-state index is 0.0477. The van der Waals surface area contributed by atoms with Gasteiger partial charge < -0.3 is 14.8 Å². The highest BCUT2D eigenvalue weighted by molar-refractivity contribution is 5.80. The number of rotatable bonds is 4. The molecule has 0 aromatic rings. The van der Waals surface area contributed by atoms with Gasteiger partial charge in [0.05, 0.1) is 19.1 Å². The zero-order chi connectivity index (χ0) is 12.1. The molecule has 0 amide bonds. The maximum Gasteiger partial charge on any atom is 0.323 e. The van der Waals surface area contributed by atoms with Crippen molar-refractivity contribution in [3.63, 3.8) is 0 Å². The fourth-order valence-corrected chi connectivity index (χ4v) is 1.92. The number of hydrogen-bond acceptors (Lipinski definition) is 5. The summed E-state index contributed by atoms with van der Waals surface area (Å²) >= 11 is 0. The van der Waals surface area contributed by atoms with Crippen LogP contribution in [0.25, 0.3) is 0 Å². The van der Waals surface area contributed by atoms with E-state index >= 15 is 0 Å². The Morgan fingerprint density at radius 1 is 1.19 bits per heavy atom. The van der Waals surface area contributed by atoms with Crippen LogP contribution < -0.4 is 5.32 Å². The lowest BCUT2D eigenvalue weighted by Gasteiger charge is -2.12. The van der Waals surface area contributed by atoms with Gasteiger partial charge in [-0.1, -0.05) is 0 Å². The van der Waals surface area contributed by atoms with Crippen LogP contribution in [0.5, 0.6) is 0 Å². The molecule has 1 N–H and O–H groups in total. The third-order valence-corrected chi connectivity index (χ3v) is 2.72. The van der Waals surface area contributed by atoms with Crippen molar-refractivity contribution in [1.82, 2.24) is 5.32 Å². The average molecular weight is 229 g/mol. The second-order valence-corrected chi connectivity index (χ2v) is 3.85. The summed E-state index contributed by atoms with van der Waals surface area (Å²) in [5, 5.41) is 3.05. The minimum atomic E-state index is -0.385. The zero-order valence-electron chi connectivity index (χ0n) is 9.99. The van der Waals surface area contributed by atoms with Gasteiger partial charge in [0.25, 0.3) is 0 Å². The fraction of sp³-hybridized carbons (Fsp3) is 0.818. The summed E-state index contributed by atoms with van der Waals surface area (Å²) in [6.07, 6.45) is 0.457. The molecule has 1 aliphatic rings. The van der Waals surface area contributed by atoms with Crippen LogP contribution in [0.15, 0.2) is 0 Å². The van der Waals surface area contributed by atoms with Gasteiger partial charge >= 0.3 is 11.9 Å². The van der Waals surface area contributed by atoms with Crippen LogP contribution in [0.4, 0.5) is 0 Å². The fourth-order valence-electron chi connectivity index (χ4n) is 1.92. The molecule has 0 aromatic heterocycles. The Hall–Kier alpha value is -1.10. The quantitative estimate of drug-likeness (QED) is 0.710. The normalized spacial score (nSPS) is 28.8. The van der Waals surface area contributed by atoms with E-state index in [4.69, 9.17) is 9.47 Å². The van der Waals surface area contributed by atoms with Gasteiger partial charge in [-0.15, -0.1) is 0 Å². The van der Waals surface area contributed by atoms with Gasteiger partial charge in [-0.25, -0.2) is 0 Å². The number of hydrogen-bond donors (Lipinski definition) is 1. The van der Waals surface area contributed by atoms with Crippen molar-refractivity contribution in [1.29, 1.82) is 0 Å². The molecule has 0 saturated carbocycles. The van der Waals surface area contributed by atoms with Crippen LogP contribution in [-0.2, 0) is 19.1 Å². The number of carbonyl (C=O) groups excluding carboxylic acids is 2. The first-order valence-electron chi connectivity index (χ1n) is 5.69. The van der Waals surface area contributed by atoms with E-state index in [0.29, 0.717) is 19.6 Å². The molecule has 16 heavy (non-hydrogen) atoms. The molecule has 5 nitrogen and oxygen atoms in total. The number of nitrogens with one attached hydrogen (secondary N) is 1. The van der Waals surface area contributed by atoms with Gasteiger partial charge in [0.2, 0.25) is 0 Å². The molecular weight excluding hydrogens is 210 g/mol. The third-order valence-electron chi connectivity index (χ3n) is 2.72. The van der Waals surface area contributed by atoms with Gasteiger partial charge in [-0.3, -0.25) is 9.59 Å². The molecule has 0 aromatic carbocycles. The van der Waals surface area contributed by atoms with Crippen LogP contribution in [0.2, 0.25) is 0 Å². The lowest BCUT2D eigenvalue weighted by molar-refractivity contribution is -0.148. The molecule has 0 aliphatic carbocycles. The molecule has 3 unspecified atom stereocenters. The summed E-state index contributed by atoms with van der Waals surface area (Å²) in [6.45, 7) is 6.13. The molecule has 1 saturated heterocycles. The highest BCUT2D eigenvalue weighted by Gasteiger charge is 2.40. The summed E-state index contributed by atoms with van der Waals surface area (Å²) in [5.74, 6) is -0.787. The highest BCUT2D eigenvalue weighted by Crippen LogP contribution is 2.22. The Morgan fingerprint density at radius 2 is 1.75 bits per heavy atom. The molecule has 3 atom stereocenters. The Kier molecular flexibility index (Phi) is 4.73. The summed E-state index contributed by atoms with van der Waals surface area (Å²) in [6, 6.07) is -0.433. The van der Waals surface area contributed by atoms with Crippen LogP contribution in [0, 0.1) is 5.92 Å². The Labute approximate surface area is 95.5 Å². The van der Waals surface area contributed by atoms with Gasteiger partial charge in [0.1, 0.15) is 6.04 Å². The Bertz CT molecular complexity index is 267. The van der Waals surface area contributed by atoms with Crippen molar-refractivity contribution >= 4 is 11.9 Å². The maximum absolute atomic E-state index is 11.6. The van der Waals surface area contributed by atoms with E-state index in [0.717, 1.165) is 0 Å². The van der Waals surface area contributed by atoms with Crippen LogP contribution in [-0.4, -0.2) is 37.2 Å². The topological polar surface area (TPSA) is 64.6 Å². The average Bonchev–Trinajstić information content (AvgIpc) is 2.61. The third kappa shape index (κ3) is 2.95. The van der Waals surface area contributed by atoms with Gasteiger partial charge in [-0.05, 0) is 27.2 Å². The molecule has 5 heteroatoms. The molecule has 0 spiro atoms. The molecule has 0 radical (unpaired) electrons.